The van der Waals surface area contributed by atoms with E-state index in [2.05, 4.69) is 9.82 Å². The first-order chi connectivity index (χ1) is 9.33. The molecule has 0 bridgehead atoms. The molecule has 0 saturated heterocycles. The Bertz CT molecular complexity index is 735. The molecule has 6 nitrogen and oxygen atoms in total. The maximum atomic E-state index is 12.4. The number of anilines is 1. The molecular formula is C13H18N4O2S. The van der Waals surface area contributed by atoms with Crippen LogP contribution in [0.25, 0.3) is 0 Å². The molecule has 0 saturated carbocycles. The van der Waals surface area contributed by atoms with Crippen LogP contribution in [-0.2, 0) is 23.6 Å². The van der Waals surface area contributed by atoms with Crippen molar-refractivity contribution in [1.29, 1.82) is 0 Å². The maximum Gasteiger partial charge on any atom is 0.243 e. The third-order valence-electron chi connectivity index (χ3n) is 3.34. The fourth-order valence-corrected chi connectivity index (χ4v) is 3.41. The molecule has 1 aromatic carbocycles. The van der Waals surface area contributed by atoms with Crippen LogP contribution in [0.3, 0.4) is 0 Å². The highest BCUT2D eigenvalue weighted by molar-refractivity contribution is 7.89. The topological polar surface area (TPSA) is 90.0 Å². The van der Waals surface area contributed by atoms with E-state index in [1.807, 2.05) is 13.0 Å². The summed E-state index contributed by atoms with van der Waals surface area (Å²) in [4.78, 5) is 0.152. The average molecular weight is 294 g/mol. The molecule has 0 amide bonds. The van der Waals surface area contributed by atoms with Gasteiger partial charge in [0.15, 0.2) is 0 Å². The van der Waals surface area contributed by atoms with Crippen LogP contribution >= 0.6 is 0 Å². The fraction of sp³-hybridized carbons (Fsp3) is 0.308. The number of aromatic nitrogens is 2. The predicted octanol–water partition coefficient (Wildman–Crippen LogP) is 1.10. The third-order valence-corrected chi connectivity index (χ3v) is 4.95. The Kier molecular flexibility index (Phi) is 3.82. The molecule has 20 heavy (non-hydrogen) atoms. The highest BCUT2D eigenvalue weighted by Gasteiger charge is 2.21. The zero-order chi connectivity index (χ0) is 14.9. The van der Waals surface area contributed by atoms with Crippen molar-refractivity contribution in [3.8, 4) is 0 Å². The Hall–Kier alpha value is -1.86. The van der Waals surface area contributed by atoms with Gasteiger partial charge in [0.1, 0.15) is 4.90 Å². The molecule has 0 radical (unpaired) electrons. The van der Waals surface area contributed by atoms with Crippen LogP contribution in [0.1, 0.15) is 16.8 Å². The minimum Gasteiger partial charge on any atom is -0.398 e. The van der Waals surface area contributed by atoms with Crippen molar-refractivity contribution >= 4 is 15.7 Å². The van der Waals surface area contributed by atoms with Crippen molar-refractivity contribution in [2.45, 2.75) is 25.3 Å². The van der Waals surface area contributed by atoms with Gasteiger partial charge in [-0.15, -0.1) is 0 Å². The van der Waals surface area contributed by atoms with Crippen molar-refractivity contribution in [2.24, 2.45) is 7.05 Å². The summed E-state index contributed by atoms with van der Waals surface area (Å²) in [6.45, 7) is 3.78. The molecule has 0 aliphatic rings. The highest BCUT2D eigenvalue weighted by Crippen LogP contribution is 2.25. The van der Waals surface area contributed by atoms with Gasteiger partial charge in [-0.05, 0) is 37.1 Å². The first-order valence-electron chi connectivity index (χ1n) is 6.15. The molecule has 0 atom stereocenters. The Labute approximate surface area is 118 Å². The number of nitrogen functional groups attached to an aromatic ring is 1. The van der Waals surface area contributed by atoms with Gasteiger partial charge in [0.2, 0.25) is 10.0 Å². The lowest BCUT2D eigenvalue weighted by Crippen LogP contribution is -2.26. The summed E-state index contributed by atoms with van der Waals surface area (Å²) in [5.41, 5.74) is 8.41. The highest BCUT2D eigenvalue weighted by atomic mass is 32.2. The molecule has 0 aliphatic heterocycles. The molecule has 2 rings (SSSR count). The fourth-order valence-electron chi connectivity index (χ4n) is 1.98. The Balaban J connectivity index is 2.32. The normalized spacial score (nSPS) is 11.8. The van der Waals surface area contributed by atoms with Crippen LogP contribution in [0.4, 0.5) is 5.69 Å². The number of sulfonamides is 1. The molecule has 0 aliphatic carbocycles. The molecule has 0 fully saturated rings. The molecule has 2 aromatic rings. The molecule has 0 spiro atoms. The summed E-state index contributed by atoms with van der Waals surface area (Å²) in [5, 5.41) is 4.00. The largest absolute Gasteiger partial charge is 0.398 e. The molecule has 7 heteroatoms. The van der Waals surface area contributed by atoms with Crippen molar-refractivity contribution in [2.75, 3.05) is 5.73 Å². The van der Waals surface area contributed by atoms with Gasteiger partial charge in [-0.25, -0.2) is 13.1 Å². The summed E-state index contributed by atoms with van der Waals surface area (Å²) in [6, 6.07) is 5.18. The van der Waals surface area contributed by atoms with Crippen LogP contribution < -0.4 is 10.5 Å². The van der Waals surface area contributed by atoms with Gasteiger partial charge in [-0.1, -0.05) is 6.07 Å². The zero-order valence-electron chi connectivity index (χ0n) is 11.7. The van der Waals surface area contributed by atoms with Gasteiger partial charge in [0.25, 0.3) is 0 Å². The molecule has 3 N–H and O–H groups in total. The monoisotopic (exact) mass is 294 g/mol. The second-order valence-corrected chi connectivity index (χ2v) is 6.40. The van der Waals surface area contributed by atoms with Crippen LogP contribution in [-0.4, -0.2) is 18.2 Å². The van der Waals surface area contributed by atoms with E-state index in [1.165, 1.54) is 0 Å². The number of nitrogens with two attached hydrogens (primary N) is 1. The lowest BCUT2D eigenvalue weighted by atomic mass is 10.1. The summed E-state index contributed by atoms with van der Waals surface area (Å²) < 4.78 is 29.0. The minimum absolute atomic E-state index is 0.152. The van der Waals surface area contributed by atoms with Gasteiger partial charge >= 0.3 is 0 Å². The summed E-state index contributed by atoms with van der Waals surface area (Å²) in [7, 11) is -1.89. The lowest BCUT2D eigenvalue weighted by Gasteiger charge is -2.13. The van der Waals surface area contributed by atoms with Crippen LogP contribution in [0.15, 0.2) is 29.3 Å². The average Bonchev–Trinajstić information content (AvgIpc) is 2.77. The van der Waals surface area contributed by atoms with E-state index in [9.17, 15) is 8.42 Å². The van der Waals surface area contributed by atoms with E-state index in [0.717, 1.165) is 11.3 Å². The second kappa shape index (κ2) is 5.26. The lowest BCUT2D eigenvalue weighted by molar-refractivity contribution is 0.577. The molecular weight excluding hydrogens is 276 g/mol. The number of hydrogen-bond acceptors (Lipinski definition) is 4. The van der Waals surface area contributed by atoms with E-state index in [-0.39, 0.29) is 17.1 Å². The first-order valence-corrected chi connectivity index (χ1v) is 7.63. The quantitative estimate of drug-likeness (QED) is 0.826. The minimum atomic E-state index is -3.65. The van der Waals surface area contributed by atoms with E-state index in [1.54, 1.807) is 37.0 Å². The van der Waals surface area contributed by atoms with Crippen molar-refractivity contribution in [1.82, 2.24) is 14.5 Å². The van der Waals surface area contributed by atoms with Crippen LogP contribution in [0.2, 0.25) is 0 Å². The second-order valence-electron chi connectivity index (χ2n) is 4.70. The predicted molar refractivity (Wildman–Crippen MR) is 77.6 cm³/mol. The third kappa shape index (κ3) is 2.68. The van der Waals surface area contributed by atoms with E-state index in [0.29, 0.717) is 5.56 Å². The van der Waals surface area contributed by atoms with E-state index >= 15 is 0 Å². The maximum absolute atomic E-state index is 12.4. The molecule has 1 heterocycles. The van der Waals surface area contributed by atoms with Crippen molar-refractivity contribution in [3.63, 3.8) is 0 Å². The van der Waals surface area contributed by atoms with Gasteiger partial charge in [-0.3, -0.25) is 4.68 Å². The number of benzene rings is 1. The summed E-state index contributed by atoms with van der Waals surface area (Å²) >= 11 is 0. The number of aryl methyl sites for hydroxylation is 2. The number of nitrogens with one attached hydrogen (secondary N) is 1. The van der Waals surface area contributed by atoms with Crippen LogP contribution in [0.5, 0.6) is 0 Å². The van der Waals surface area contributed by atoms with Gasteiger partial charge in [-0.2, -0.15) is 5.10 Å². The molecule has 1 aromatic heterocycles. The molecule has 108 valence electrons. The number of nitrogens with zero attached hydrogens (tertiary/aromatic N) is 2. The van der Waals surface area contributed by atoms with E-state index < -0.39 is 10.0 Å². The Morgan fingerprint density at radius 2 is 2.00 bits per heavy atom. The standard InChI is InChI=1S/C13H18N4O2S/c1-9-4-5-12(14)13(10(9)2)20(18,19)16-8-11-6-7-15-17(11)3/h4-7,16H,8,14H2,1-3H3. The summed E-state index contributed by atoms with van der Waals surface area (Å²) in [6.07, 6.45) is 1.62. The number of rotatable bonds is 4. The Morgan fingerprint density at radius 3 is 2.60 bits per heavy atom. The number of hydrogen-bond donors (Lipinski definition) is 2. The van der Waals surface area contributed by atoms with Gasteiger partial charge in [0, 0.05) is 13.2 Å². The first kappa shape index (κ1) is 14.5. The van der Waals surface area contributed by atoms with Crippen molar-refractivity contribution < 1.29 is 8.42 Å². The van der Waals surface area contributed by atoms with E-state index in [4.69, 9.17) is 5.73 Å². The van der Waals surface area contributed by atoms with Gasteiger partial charge < -0.3 is 5.73 Å². The molecule has 0 unspecified atom stereocenters. The van der Waals surface area contributed by atoms with Crippen LogP contribution in [0, 0.1) is 13.8 Å². The SMILES string of the molecule is Cc1ccc(N)c(S(=O)(=O)NCc2ccnn2C)c1C. The smallest absolute Gasteiger partial charge is 0.243 e. The zero-order valence-corrected chi connectivity index (χ0v) is 12.5. The van der Waals surface area contributed by atoms with Crippen molar-refractivity contribution in [3.05, 3.63) is 41.2 Å². The summed E-state index contributed by atoms with van der Waals surface area (Å²) in [5.74, 6) is 0. The Morgan fingerprint density at radius 1 is 1.30 bits per heavy atom. The van der Waals surface area contributed by atoms with Gasteiger partial charge in [0.05, 0.1) is 17.9 Å².